The van der Waals surface area contributed by atoms with E-state index in [0.717, 1.165) is 13.1 Å². The van der Waals surface area contributed by atoms with E-state index in [1.54, 1.807) is 29.5 Å². The number of benzene rings is 1. The van der Waals surface area contributed by atoms with E-state index in [9.17, 15) is 9.59 Å². The van der Waals surface area contributed by atoms with Gasteiger partial charge in [0.2, 0.25) is 6.79 Å². The third kappa shape index (κ3) is 4.89. The molecule has 154 valence electrons. The number of carbonyl (C=O) groups excluding carboxylic acids is 2. The van der Waals surface area contributed by atoms with Crippen LogP contribution < -0.4 is 20.1 Å². The first-order valence-electron chi connectivity index (χ1n) is 9.96. The fraction of sp³-hybridized carbons (Fsp3) is 0.429. The van der Waals surface area contributed by atoms with Gasteiger partial charge in [0.05, 0.1) is 6.04 Å². The molecule has 0 radical (unpaired) electrons. The Balaban J connectivity index is 1.36. The Morgan fingerprint density at radius 1 is 1.03 bits per heavy atom. The molecule has 2 aliphatic rings. The molecule has 2 aromatic rings. The van der Waals surface area contributed by atoms with Crippen molar-refractivity contribution in [1.29, 1.82) is 0 Å². The lowest BCUT2D eigenvalue weighted by atomic mass is 10.1. The topological polar surface area (TPSA) is 79.9 Å². The van der Waals surface area contributed by atoms with E-state index in [1.807, 2.05) is 5.38 Å². The zero-order valence-electron chi connectivity index (χ0n) is 16.2. The number of fused-ring (bicyclic) bond motifs is 1. The Morgan fingerprint density at radius 3 is 2.59 bits per heavy atom. The predicted octanol–water partition coefficient (Wildman–Crippen LogP) is 3.15. The highest BCUT2D eigenvalue weighted by molar-refractivity contribution is 7.08. The summed E-state index contributed by atoms with van der Waals surface area (Å²) in [5, 5.41) is 9.61. The molecule has 7 nitrogen and oxygen atoms in total. The van der Waals surface area contributed by atoms with Crippen molar-refractivity contribution < 1.29 is 19.1 Å². The van der Waals surface area contributed by atoms with Crippen molar-refractivity contribution in [2.75, 3.05) is 31.7 Å². The second-order valence-electron chi connectivity index (χ2n) is 7.25. The number of hydrogen-bond acceptors (Lipinski definition) is 6. The largest absolute Gasteiger partial charge is 0.454 e. The number of nitrogens with zero attached hydrogens (tertiary/aromatic N) is 1. The lowest BCUT2D eigenvalue weighted by Gasteiger charge is -2.30. The van der Waals surface area contributed by atoms with Crippen LogP contribution in [-0.4, -0.2) is 43.1 Å². The van der Waals surface area contributed by atoms with E-state index in [1.165, 1.54) is 31.2 Å². The van der Waals surface area contributed by atoms with Gasteiger partial charge in [-0.25, -0.2) is 0 Å². The van der Waals surface area contributed by atoms with Gasteiger partial charge in [-0.1, -0.05) is 12.8 Å². The third-order valence-electron chi connectivity index (χ3n) is 5.30. The Hall–Kier alpha value is -2.58. The quantitative estimate of drug-likeness (QED) is 0.734. The highest BCUT2D eigenvalue weighted by Crippen LogP contribution is 2.34. The predicted molar refractivity (Wildman–Crippen MR) is 111 cm³/mol. The number of nitrogens with one attached hydrogen (secondary N) is 2. The Morgan fingerprint density at radius 2 is 1.83 bits per heavy atom. The molecule has 2 amide bonds. The van der Waals surface area contributed by atoms with E-state index in [-0.39, 0.29) is 12.8 Å². The highest BCUT2D eigenvalue weighted by atomic mass is 32.1. The van der Waals surface area contributed by atoms with Gasteiger partial charge < -0.3 is 20.1 Å². The minimum Gasteiger partial charge on any atom is -0.454 e. The monoisotopic (exact) mass is 415 g/mol. The molecule has 1 aromatic heterocycles. The summed E-state index contributed by atoms with van der Waals surface area (Å²) in [5.74, 6) is -0.146. The van der Waals surface area contributed by atoms with Crippen LogP contribution in [-0.2, 0) is 9.59 Å². The second kappa shape index (κ2) is 9.28. The highest BCUT2D eigenvalue weighted by Gasteiger charge is 2.24. The lowest BCUT2D eigenvalue weighted by molar-refractivity contribution is -0.136. The second-order valence-corrected chi connectivity index (χ2v) is 8.03. The smallest absolute Gasteiger partial charge is 0.313 e. The first kappa shape index (κ1) is 19.7. The molecular formula is C21H25N3O4S. The van der Waals surface area contributed by atoms with Crippen LogP contribution in [0.5, 0.6) is 11.5 Å². The van der Waals surface area contributed by atoms with Gasteiger partial charge in [0.1, 0.15) is 0 Å². The van der Waals surface area contributed by atoms with E-state index in [2.05, 4.69) is 27.0 Å². The lowest BCUT2D eigenvalue weighted by Crippen LogP contribution is -2.42. The molecule has 0 saturated carbocycles. The summed E-state index contributed by atoms with van der Waals surface area (Å²) in [5.41, 5.74) is 1.68. The molecule has 29 heavy (non-hydrogen) atoms. The average molecular weight is 416 g/mol. The fourth-order valence-corrected chi connectivity index (χ4v) is 4.47. The summed E-state index contributed by atoms with van der Waals surface area (Å²) in [7, 11) is 0. The van der Waals surface area contributed by atoms with Crippen molar-refractivity contribution in [2.24, 2.45) is 0 Å². The molecule has 1 fully saturated rings. The number of ether oxygens (including phenoxy) is 2. The Kier molecular flexibility index (Phi) is 6.31. The number of likely N-dealkylation sites (tertiary alicyclic amines) is 1. The summed E-state index contributed by atoms with van der Waals surface area (Å²) in [6.07, 6.45) is 4.83. The summed E-state index contributed by atoms with van der Waals surface area (Å²) >= 11 is 1.65. The number of carbonyl (C=O) groups is 2. The van der Waals surface area contributed by atoms with Crippen molar-refractivity contribution in [3.05, 3.63) is 40.6 Å². The molecule has 1 aromatic carbocycles. The molecular weight excluding hydrogens is 390 g/mol. The van der Waals surface area contributed by atoms with Gasteiger partial charge in [0.25, 0.3) is 0 Å². The normalized spacial score (nSPS) is 17.4. The van der Waals surface area contributed by atoms with Crippen molar-refractivity contribution in [1.82, 2.24) is 10.2 Å². The van der Waals surface area contributed by atoms with E-state index in [0.29, 0.717) is 23.7 Å². The Bertz CT molecular complexity index is 848. The van der Waals surface area contributed by atoms with E-state index in [4.69, 9.17) is 9.47 Å². The van der Waals surface area contributed by atoms with Gasteiger partial charge in [-0.15, -0.1) is 0 Å². The molecule has 1 saturated heterocycles. The van der Waals surface area contributed by atoms with Crippen LogP contribution in [0.2, 0.25) is 0 Å². The van der Waals surface area contributed by atoms with Crippen molar-refractivity contribution in [3.63, 3.8) is 0 Å². The van der Waals surface area contributed by atoms with Gasteiger partial charge in [-0.3, -0.25) is 14.5 Å². The van der Waals surface area contributed by atoms with Crippen molar-refractivity contribution >= 4 is 28.8 Å². The van der Waals surface area contributed by atoms with Crippen molar-refractivity contribution in [3.8, 4) is 11.5 Å². The number of rotatable bonds is 5. The maximum Gasteiger partial charge on any atom is 0.313 e. The van der Waals surface area contributed by atoms with Crippen LogP contribution >= 0.6 is 11.3 Å². The molecule has 0 bridgehead atoms. The first-order valence-corrected chi connectivity index (χ1v) is 10.9. The van der Waals surface area contributed by atoms with E-state index >= 15 is 0 Å². The van der Waals surface area contributed by atoms with Gasteiger partial charge in [-0.05, 0) is 60.5 Å². The molecule has 0 spiro atoms. The van der Waals surface area contributed by atoms with E-state index < -0.39 is 11.8 Å². The van der Waals surface area contributed by atoms with Crippen molar-refractivity contribution in [2.45, 2.75) is 31.7 Å². The molecule has 4 rings (SSSR count). The Labute approximate surface area is 174 Å². The summed E-state index contributed by atoms with van der Waals surface area (Å²) in [6, 6.07) is 7.23. The summed E-state index contributed by atoms with van der Waals surface area (Å²) < 4.78 is 10.6. The third-order valence-corrected chi connectivity index (χ3v) is 6.00. The van der Waals surface area contributed by atoms with Gasteiger partial charge in [0, 0.05) is 18.3 Å². The number of anilines is 1. The van der Waals surface area contributed by atoms with Crippen LogP contribution in [0, 0.1) is 0 Å². The minimum absolute atomic E-state index is 0.0849. The maximum atomic E-state index is 12.4. The van der Waals surface area contributed by atoms with Gasteiger partial charge in [0.15, 0.2) is 11.5 Å². The van der Waals surface area contributed by atoms with Crippen LogP contribution in [0.25, 0.3) is 0 Å². The molecule has 0 aliphatic carbocycles. The fourth-order valence-electron chi connectivity index (χ4n) is 3.76. The zero-order chi connectivity index (χ0) is 20.1. The maximum absolute atomic E-state index is 12.4. The number of hydrogen-bond donors (Lipinski definition) is 2. The average Bonchev–Trinajstić information content (AvgIpc) is 3.35. The number of thiophene rings is 1. The first-order chi connectivity index (χ1) is 14.2. The molecule has 0 unspecified atom stereocenters. The summed E-state index contributed by atoms with van der Waals surface area (Å²) in [6.45, 7) is 2.59. The molecule has 1 atom stereocenters. The zero-order valence-corrected chi connectivity index (χ0v) is 17.0. The molecule has 2 N–H and O–H groups in total. The molecule has 2 aliphatic heterocycles. The van der Waals surface area contributed by atoms with Gasteiger partial charge in [-0.2, -0.15) is 11.3 Å². The van der Waals surface area contributed by atoms with Crippen LogP contribution in [0.1, 0.15) is 37.3 Å². The van der Waals surface area contributed by atoms with Gasteiger partial charge >= 0.3 is 11.8 Å². The molecule has 3 heterocycles. The number of amides is 2. The van der Waals surface area contributed by atoms with Crippen LogP contribution in [0.4, 0.5) is 5.69 Å². The SMILES string of the molecule is O=C(NC[C@H](c1ccsc1)N1CCCCCC1)C(=O)Nc1ccc2c(c1)OCO2. The molecule has 8 heteroatoms. The van der Waals surface area contributed by atoms with Crippen LogP contribution in [0.3, 0.4) is 0 Å². The minimum atomic E-state index is -0.691. The van der Waals surface area contributed by atoms with Crippen LogP contribution in [0.15, 0.2) is 35.0 Å². The standard InChI is InChI=1S/C21H25N3O4S/c25-20(21(26)23-16-5-6-18-19(11-16)28-14-27-18)22-12-17(15-7-10-29-13-15)24-8-3-1-2-4-9-24/h5-7,10-11,13,17H,1-4,8-9,12,14H2,(H,22,25)(H,23,26)/t17-/m1/s1. The summed E-state index contributed by atoms with van der Waals surface area (Å²) in [4.78, 5) is 27.2.